The van der Waals surface area contributed by atoms with Gasteiger partial charge in [-0.15, -0.1) is 0 Å². The molecule has 0 N–H and O–H groups in total. The van der Waals surface area contributed by atoms with Gasteiger partial charge in [-0.1, -0.05) is 6.07 Å². The minimum absolute atomic E-state index is 0.0109. The van der Waals surface area contributed by atoms with Crippen LogP contribution in [-0.2, 0) is 6.42 Å². The summed E-state index contributed by atoms with van der Waals surface area (Å²) in [6.45, 7) is 3.98. The van der Waals surface area contributed by atoms with Gasteiger partial charge in [0.2, 0.25) is 5.91 Å². The number of hydrogen-bond donors (Lipinski definition) is 0. The Hall–Kier alpha value is -2.56. The number of carbonyl (C=O) groups is 1. The monoisotopic (exact) mass is 328 g/mol. The lowest BCUT2D eigenvalue weighted by Crippen LogP contribution is -2.27. The van der Waals surface area contributed by atoms with Crippen LogP contribution >= 0.6 is 0 Å². The molecule has 1 aromatic carbocycles. The standard InChI is InChI=1S/C19H24N2O3/c1-14(2)20-18-7-5-6-10-21(18)19(22)9-8-15-11-16(23-3)13-17(12-15)24-4/h5-7,10-14H,8-9H2,1-4H3. The van der Waals surface area contributed by atoms with Crippen LogP contribution in [-0.4, -0.2) is 30.7 Å². The molecule has 0 aliphatic carbocycles. The molecule has 5 nitrogen and oxygen atoms in total. The normalized spacial score (nSPS) is 11.6. The summed E-state index contributed by atoms with van der Waals surface area (Å²) in [5.41, 5.74) is 1.68. The quantitative estimate of drug-likeness (QED) is 0.819. The zero-order chi connectivity index (χ0) is 17.5. The van der Waals surface area contributed by atoms with E-state index in [0.717, 1.165) is 17.1 Å². The molecular formula is C19H24N2O3. The fraction of sp³-hybridized carbons (Fsp3) is 0.368. The second-order valence-corrected chi connectivity index (χ2v) is 5.77. The number of aromatic nitrogens is 1. The van der Waals surface area contributed by atoms with Gasteiger partial charge in [0.25, 0.3) is 0 Å². The summed E-state index contributed by atoms with van der Waals surface area (Å²) in [6.07, 6.45) is 2.75. The Morgan fingerprint density at radius 3 is 2.38 bits per heavy atom. The molecule has 0 spiro atoms. The van der Waals surface area contributed by atoms with Crippen molar-refractivity contribution in [2.24, 2.45) is 4.99 Å². The molecule has 0 fully saturated rings. The molecule has 0 saturated carbocycles. The molecule has 0 radical (unpaired) electrons. The van der Waals surface area contributed by atoms with Gasteiger partial charge in [0, 0.05) is 24.7 Å². The first-order chi connectivity index (χ1) is 11.5. The second kappa shape index (κ2) is 8.34. The van der Waals surface area contributed by atoms with Crippen LogP contribution < -0.4 is 15.0 Å². The highest BCUT2D eigenvalue weighted by atomic mass is 16.5. The largest absolute Gasteiger partial charge is 0.497 e. The van der Waals surface area contributed by atoms with Crippen molar-refractivity contribution in [3.8, 4) is 11.5 Å². The smallest absolute Gasteiger partial charge is 0.232 e. The van der Waals surface area contributed by atoms with Crippen molar-refractivity contribution in [2.75, 3.05) is 14.2 Å². The number of hydrogen-bond acceptors (Lipinski definition) is 4. The van der Waals surface area contributed by atoms with E-state index in [0.29, 0.717) is 18.3 Å². The number of pyridine rings is 1. The van der Waals surface area contributed by atoms with Gasteiger partial charge in [-0.05, 0) is 50.1 Å². The first-order valence-corrected chi connectivity index (χ1v) is 8.00. The van der Waals surface area contributed by atoms with Crippen molar-refractivity contribution >= 4 is 5.91 Å². The van der Waals surface area contributed by atoms with Crippen molar-refractivity contribution in [1.82, 2.24) is 4.57 Å². The first kappa shape index (κ1) is 17.8. The van der Waals surface area contributed by atoms with Crippen molar-refractivity contribution in [3.63, 3.8) is 0 Å². The molecule has 0 atom stereocenters. The number of benzene rings is 1. The summed E-state index contributed by atoms with van der Waals surface area (Å²) < 4.78 is 12.1. The third-order valence-electron chi connectivity index (χ3n) is 3.54. The van der Waals surface area contributed by atoms with Crippen LogP contribution in [0.25, 0.3) is 0 Å². The molecule has 1 aromatic heterocycles. The van der Waals surface area contributed by atoms with Crippen LogP contribution in [0.15, 0.2) is 47.6 Å². The molecule has 5 heteroatoms. The number of aryl methyl sites for hydroxylation is 1. The zero-order valence-electron chi connectivity index (χ0n) is 14.7. The van der Waals surface area contributed by atoms with E-state index < -0.39 is 0 Å². The average Bonchev–Trinajstić information content (AvgIpc) is 2.59. The number of ether oxygens (including phenoxy) is 2. The van der Waals surface area contributed by atoms with E-state index in [2.05, 4.69) is 4.99 Å². The Labute approximate surface area is 142 Å². The molecule has 2 aromatic rings. The maximum atomic E-state index is 12.6. The topological polar surface area (TPSA) is 52.8 Å². The summed E-state index contributed by atoms with van der Waals surface area (Å²) in [5.74, 6) is 1.45. The zero-order valence-corrected chi connectivity index (χ0v) is 14.7. The molecule has 0 aliphatic rings. The van der Waals surface area contributed by atoms with E-state index >= 15 is 0 Å². The van der Waals surface area contributed by atoms with Crippen molar-refractivity contribution < 1.29 is 14.3 Å². The maximum Gasteiger partial charge on any atom is 0.232 e. The van der Waals surface area contributed by atoms with Gasteiger partial charge in [-0.2, -0.15) is 0 Å². The van der Waals surface area contributed by atoms with Crippen molar-refractivity contribution in [2.45, 2.75) is 32.7 Å². The molecule has 0 amide bonds. The average molecular weight is 328 g/mol. The van der Waals surface area contributed by atoms with Crippen molar-refractivity contribution in [1.29, 1.82) is 0 Å². The fourth-order valence-electron chi connectivity index (χ4n) is 2.40. The van der Waals surface area contributed by atoms with Gasteiger partial charge in [0.05, 0.1) is 14.2 Å². The number of carbonyl (C=O) groups excluding carboxylic acids is 1. The third-order valence-corrected chi connectivity index (χ3v) is 3.54. The minimum atomic E-state index is 0.0109. The third kappa shape index (κ3) is 4.72. The Morgan fingerprint density at radius 1 is 1.12 bits per heavy atom. The fourth-order valence-corrected chi connectivity index (χ4v) is 2.40. The number of methoxy groups -OCH3 is 2. The van der Waals surface area contributed by atoms with E-state index in [1.165, 1.54) is 0 Å². The highest BCUT2D eigenvalue weighted by molar-refractivity contribution is 5.78. The van der Waals surface area contributed by atoms with E-state index in [4.69, 9.17) is 9.47 Å². The van der Waals surface area contributed by atoms with Gasteiger partial charge in [-0.25, -0.2) is 0 Å². The summed E-state index contributed by atoms with van der Waals surface area (Å²) in [5, 5.41) is 0. The lowest BCUT2D eigenvalue weighted by atomic mass is 10.1. The predicted octanol–water partition coefficient (Wildman–Crippen LogP) is 3.09. The van der Waals surface area contributed by atoms with Gasteiger partial charge in [0.1, 0.15) is 17.0 Å². The van der Waals surface area contributed by atoms with E-state index in [-0.39, 0.29) is 11.9 Å². The van der Waals surface area contributed by atoms with Gasteiger partial charge < -0.3 is 9.47 Å². The van der Waals surface area contributed by atoms with Crippen molar-refractivity contribution in [3.05, 3.63) is 53.6 Å². The molecule has 1 heterocycles. The molecule has 128 valence electrons. The van der Waals surface area contributed by atoms with E-state index in [9.17, 15) is 4.79 Å². The Balaban J connectivity index is 2.17. The second-order valence-electron chi connectivity index (χ2n) is 5.77. The van der Waals surface area contributed by atoms with E-state index in [1.54, 1.807) is 25.0 Å². The molecular weight excluding hydrogens is 304 g/mol. The molecule has 0 aliphatic heterocycles. The van der Waals surface area contributed by atoms with Crippen LogP contribution in [0.3, 0.4) is 0 Å². The first-order valence-electron chi connectivity index (χ1n) is 8.00. The van der Waals surface area contributed by atoms with Gasteiger partial charge >= 0.3 is 0 Å². The van der Waals surface area contributed by atoms with Crippen LogP contribution in [0, 0.1) is 0 Å². The summed E-state index contributed by atoms with van der Waals surface area (Å²) in [4.78, 5) is 17.1. The summed E-state index contributed by atoms with van der Waals surface area (Å²) in [7, 11) is 3.23. The van der Waals surface area contributed by atoms with Crippen LogP contribution in [0.5, 0.6) is 11.5 Å². The van der Waals surface area contributed by atoms with Crippen LogP contribution in [0.1, 0.15) is 30.6 Å². The van der Waals surface area contributed by atoms with E-state index in [1.807, 2.05) is 50.2 Å². The Kier molecular flexibility index (Phi) is 6.18. The highest BCUT2D eigenvalue weighted by Crippen LogP contribution is 2.23. The molecule has 0 unspecified atom stereocenters. The number of rotatable bonds is 6. The van der Waals surface area contributed by atoms with Gasteiger partial charge in [-0.3, -0.25) is 14.4 Å². The summed E-state index contributed by atoms with van der Waals surface area (Å²) >= 11 is 0. The lowest BCUT2D eigenvalue weighted by molar-refractivity contribution is 0.0897. The Morgan fingerprint density at radius 2 is 1.79 bits per heavy atom. The highest BCUT2D eigenvalue weighted by Gasteiger charge is 2.08. The molecule has 0 bridgehead atoms. The molecule has 24 heavy (non-hydrogen) atoms. The van der Waals surface area contributed by atoms with Gasteiger partial charge in [0.15, 0.2) is 0 Å². The Bertz CT molecular complexity index is 741. The predicted molar refractivity (Wildman–Crippen MR) is 93.6 cm³/mol. The van der Waals surface area contributed by atoms with Crippen LogP contribution in [0.2, 0.25) is 0 Å². The molecule has 0 saturated heterocycles. The van der Waals surface area contributed by atoms with Crippen LogP contribution in [0.4, 0.5) is 0 Å². The maximum absolute atomic E-state index is 12.6. The SMILES string of the molecule is COc1cc(CCC(=O)n2ccccc2=NC(C)C)cc(OC)c1. The summed E-state index contributed by atoms with van der Waals surface area (Å²) in [6, 6.07) is 11.4. The minimum Gasteiger partial charge on any atom is -0.497 e. The number of nitrogens with zero attached hydrogens (tertiary/aromatic N) is 2. The molecule has 2 rings (SSSR count). The lowest BCUT2D eigenvalue weighted by Gasteiger charge is -2.10.